The van der Waals surface area contributed by atoms with Crippen LogP contribution in [-0.2, 0) is 5.41 Å². The maximum atomic E-state index is 2.42. The van der Waals surface area contributed by atoms with Crippen LogP contribution in [0.3, 0.4) is 0 Å². The van der Waals surface area contributed by atoms with Gasteiger partial charge in [-0.15, -0.1) is 0 Å². The Kier molecular flexibility index (Phi) is 6.72. The molecule has 0 spiro atoms. The summed E-state index contributed by atoms with van der Waals surface area (Å²) in [5, 5.41) is 10.4. The van der Waals surface area contributed by atoms with Crippen LogP contribution in [0.25, 0.3) is 82.1 Å². The predicted molar refractivity (Wildman–Crippen MR) is 242 cm³/mol. The number of anilines is 3. The third kappa shape index (κ3) is 4.59. The molecule has 1 aromatic heterocycles. The van der Waals surface area contributed by atoms with Gasteiger partial charge >= 0.3 is 0 Å². The highest BCUT2D eigenvalue weighted by atomic mass is 15.1. The fourth-order valence-corrected chi connectivity index (χ4v) is 10.1. The molecule has 0 unspecified atom stereocenters. The van der Waals surface area contributed by atoms with Gasteiger partial charge in [-0.3, -0.25) is 0 Å². The highest BCUT2D eigenvalue weighted by Crippen LogP contribution is 2.51. The van der Waals surface area contributed by atoms with Gasteiger partial charge in [-0.05, 0) is 126 Å². The van der Waals surface area contributed by atoms with Crippen LogP contribution in [0.4, 0.5) is 17.1 Å². The maximum Gasteiger partial charge on any atom is 0.0553 e. The van der Waals surface area contributed by atoms with Crippen LogP contribution in [0.15, 0.2) is 194 Å². The van der Waals surface area contributed by atoms with Gasteiger partial charge in [0.15, 0.2) is 0 Å². The van der Waals surface area contributed by atoms with Gasteiger partial charge in [0.05, 0.1) is 11.0 Å². The van der Waals surface area contributed by atoms with E-state index in [-0.39, 0.29) is 5.41 Å². The smallest absolute Gasteiger partial charge is 0.0553 e. The van der Waals surface area contributed by atoms with E-state index in [1.807, 2.05) is 0 Å². The number of hydrogen-bond acceptors (Lipinski definition) is 1. The van der Waals surface area contributed by atoms with Crippen LogP contribution in [0, 0.1) is 0 Å². The molecule has 2 heteroatoms. The van der Waals surface area contributed by atoms with Crippen molar-refractivity contribution in [2.24, 2.45) is 0 Å². The second-order valence-electron chi connectivity index (χ2n) is 16.1. The lowest BCUT2D eigenvalue weighted by molar-refractivity contribution is 0.660. The minimum atomic E-state index is -0.0755. The van der Waals surface area contributed by atoms with Crippen molar-refractivity contribution >= 4 is 71.2 Å². The summed E-state index contributed by atoms with van der Waals surface area (Å²) in [7, 11) is 0. The second kappa shape index (κ2) is 11.9. The topological polar surface area (TPSA) is 8.17 Å². The summed E-state index contributed by atoms with van der Waals surface area (Å²) in [6.07, 6.45) is 0. The van der Waals surface area contributed by atoms with E-state index in [2.05, 4.69) is 217 Å². The van der Waals surface area contributed by atoms with E-state index in [1.54, 1.807) is 0 Å². The molecule has 11 aromatic rings. The Morgan fingerprint density at radius 2 is 1.00 bits per heavy atom. The third-order valence-corrected chi connectivity index (χ3v) is 12.7. The van der Waals surface area contributed by atoms with Gasteiger partial charge in [0.1, 0.15) is 0 Å². The van der Waals surface area contributed by atoms with Crippen molar-refractivity contribution in [1.29, 1.82) is 0 Å². The van der Waals surface area contributed by atoms with E-state index >= 15 is 0 Å². The van der Waals surface area contributed by atoms with E-state index in [4.69, 9.17) is 0 Å². The van der Waals surface area contributed by atoms with Crippen molar-refractivity contribution in [3.8, 4) is 27.9 Å². The fraction of sp³-hybridized carbons (Fsp3) is 0.0545. The molecule has 10 aromatic carbocycles. The molecule has 0 radical (unpaired) electrons. The Balaban J connectivity index is 1.01. The average Bonchev–Trinajstić information content (AvgIpc) is 3.71. The van der Waals surface area contributed by atoms with E-state index in [0.717, 1.165) is 17.1 Å². The summed E-state index contributed by atoms with van der Waals surface area (Å²) in [4.78, 5) is 2.39. The van der Waals surface area contributed by atoms with Gasteiger partial charge in [0.2, 0.25) is 0 Å². The number of para-hydroxylation sites is 3. The van der Waals surface area contributed by atoms with Crippen molar-refractivity contribution in [2.45, 2.75) is 19.3 Å². The zero-order valence-electron chi connectivity index (χ0n) is 31.9. The standard InChI is InChI=1S/C55H38N2/c1-55(2)48-19-11-9-17-43(48)44-30-28-41(34-49(44)55)56(38-13-5-3-6-14-38)40-26-23-35(24-27-40)42-29-25-36-21-22-37-33-51-54(47-32-31-45(42)52(36)53(37)47)46-18-10-12-20-50(46)57(51)39-15-7-4-8-16-39/h3-34H,1-2H3. The molecule has 0 N–H and O–H groups in total. The van der Waals surface area contributed by atoms with Gasteiger partial charge in [0, 0.05) is 38.9 Å². The molecular formula is C55H38N2. The normalized spacial score (nSPS) is 13.2. The molecule has 0 amide bonds. The van der Waals surface area contributed by atoms with E-state index < -0.39 is 0 Å². The zero-order valence-corrected chi connectivity index (χ0v) is 31.9. The Morgan fingerprint density at radius 3 is 1.84 bits per heavy atom. The van der Waals surface area contributed by atoms with E-state index in [0.29, 0.717) is 0 Å². The summed E-state index contributed by atoms with van der Waals surface area (Å²) < 4.78 is 2.42. The summed E-state index contributed by atoms with van der Waals surface area (Å²) in [5.74, 6) is 0. The maximum absolute atomic E-state index is 2.42. The Bertz CT molecular complexity index is 3350. The van der Waals surface area contributed by atoms with Crippen molar-refractivity contribution in [1.82, 2.24) is 4.57 Å². The van der Waals surface area contributed by atoms with Crippen molar-refractivity contribution < 1.29 is 0 Å². The summed E-state index contributed by atoms with van der Waals surface area (Å²) >= 11 is 0. The Hall–Kier alpha value is -7.16. The molecule has 268 valence electrons. The van der Waals surface area contributed by atoms with E-state index in [1.165, 1.54) is 93.2 Å². The molecule has 1 aliphatic rings. The number of fused-ring (bicyclic) bond motifs is 7. The second-order valence-corrected chi connectivity index (χ2v) is 16.1. The molecule has 0 fully saturated rings. The average molecular weight is 727 g/mol. The first-order valence-electron chi connectivity index (χ1n) is 19.9. The van der Waals surface area contributed by atoms with Crippen molar-refractivity contribution in [3.05, 3.63) is 205 Å². The zero-order chi connectivity index (χ0) is 37.8. The monoisotopic (exact) mass is 726 g/mol. The lowest BCUT2D eigenvalue weighted by Crippen LogP contribution is -2.16. The van der Waals surface area contributed by atoms with E-state index in [9.17, 15) is 0 Å². The molecule has 1 aliphatic carbocycles. The minimum absolute atomic E-state index is 0.0755. The molecule has 12 rings (SSSR count). The number of benzene rings is 10. The molecule has 0 saturated heterocycles. The van der Waals surface area contributed by atoms with Gasteiger partial charge in [-0.1, -0.05) is 147 Å². The predicted octanol–water partition coefficient (Wildman–Crippen LogP) is 15.1. The highest BCUT2D eigenvalue weighted by Gasteiger charge is 2.35. The van der Waals surface area contributed by atoms with Gasteiger partial charge in [-0.2, -0.15) is 0 Å². The molecule has 57 heavy (non-hydrogen) atoms. The first-order chi connectivity index (χ1) is 28.0. The van der Waals surface area contributed by atoms with Gasteiger partial charge in [-0.25, -0.2) is 0 Å². The fourth-order valence-electron chi connectivity index (χ4n) is 10.1. The Labute approximate surface area is 331 Å². The van der Waals surface area contributed by atoms with Crippen LogP contribution in [0.1, 0.15) is 25.0 Å². The third-order valence-electron chi connectivity index (χ3n) is 12.7. The van der Waals surface area contributed by atoms with Crippen LogP contribution >= 0.6 is 0 Å². The first-order valence-corrected chi connectivity index (χ1v) is 19.9. The molecule has 0 saturated carbocycles. The van der Waals surface area contributed by atoms with Crippen LogP contribution in [-0.4, -0.2) is 4.57 Å². The van der Waals surface area contributed by atoms with Crippen LogP contribution in [0.5, 0.6) is 0 Å². The number of rotatable bonds is 5. The largest absolute Gasteiger partial charge is 0.310 e. The lowest BCUT2D eigenvalue weighted by atomic mass is 9.82. The summed E-state index contributed by atoms with van der Waals surface area (Å²) in [5.41, 5.74) is 14.9. The highest BCUT2D eigenvalue weighted by molar-refractivity contribution is 6.34. The minimum Gasteiger partial charge on any atom is -0.310 e. The van der Waals surface area contributed by atoms with Gasteiger partial charge in [0.25, 0.3) is 0 Å². The summed E-state index contributed by atoms with van der Waals surface area (Å²) in [6, 6.07) is 71.8. The lowest BCUT2D eigenvalue weighted by Gasteiger charge is -2.28. The van der Waals surface area contributed by atoms with Crippen molar-refractivity contribution in [2.75, 3.05) is 4.90 Å². The number of aromatic nitrogens is 1. The van der Waals surface area contributed by atoms with Crippen LogP contribution in [0.2, 0.25) is 0 Å². The van der Waals surface area contributed by atoms with Crippen LogP contribution < -0.4 is 4.90 Å². The first kappa shape index (κ1) is 32.1. The molecule has 0 bridgehead atoms. The number of nitrogens with zero attached hydrogens (tertiary/aromatic N) is 2. The quantitative estimate of drug-likeness (QED) is 0.160. The number of hydrogen-bond donors (Lipinski definition) is 0. The van der Waals surface area contributed by atoms with Gasteiger partial charge < -0.3 is 9.47 Å². The molecule has 2 nitrogen and oxygen atoms in total. The summed E-state index contributed by atoms with van der Waals surface area (Å²) in [6.45, 7) is 4.70. The molecule has 1 heterocycles. The molecule has 0 atom stereocenters. The Morgan fingerprint density at radius 1 is 0.386 bits per heavy atom. The van der Waals surface area contributed by atoms with Crippen molar-refractivity contribution in [3.63, 3.8) is 0 Å². The molecular weight excluding hydrogens is 689 g/mol. The SMILES string of the molecule is CC1(C)c2ccccc2-c2ccc(N(c3ccccc3)c3ccc(-c4ccc5ccc6cc7c(c8ccc4c5c68)c4ccccc4n7-c4ccccc4)cc3)cc21. The molecule has 0 aliphatic heterocycles.